The van der Waals surface area contributed by atoms with Crippen molar-refractivity contribution < 1.29 is 18.3 Å². The number of halogens is 2. The van der Waals surface area contributed by atoms with E-state index in [1.54, 1.807) is 38.1 Å². The Morgan fingerprint density at radius 2 is 1.64 bits per heavy atom. The number of benzene rings is 3. The van der Waals surface area contributed by atoms with Crippen LogP contribution in [0.4, 0.5) is 14.5 Å². The number of rotatable bonds is 9. The molecule has 5 aromatic rings. The average Bonchev–Trinajstić information content (AvgIpc) is 3.32. The van der Waals surface area contributed by atoms with Crippen LogP contribution in [0.2, 0.25) is 0 Å². The maximum absolute atomic E-state index is 14.8. The van der Waals surface area contributed by atoms with Crippen LogP contribution < -0.4 is 11.3 Å². The van der Waals surface area contributed by atoms with Crippen molar-refractivity contribution in [3.63, 3.8) is 0 Å². The third-order valence-corrected chi connectivity index (χ3v) is 6.78. The lowest BCUT2D eigenvalue weighted by Crippen LogP contribution is -2.30. The first-order chi connectivity index (χ1) is 20.1. The Kier molecular flexibility index (Phi) is 8.17. The van der Waals surface area contributed by atoms with E-state index in [1.165, 1.54) is 21.2 Å². The lowest BCUT2D eigenvalue weighted by atomic mass is 10.1. The van der Waals surface area contributed by atoms with Gasteiger partial charge in [-0.3, -0.25) is 9.69 Å². The van der Waals surface area contributed by atoms with Crippen LogP contribution in [-0.2, 0) is 24.4 Å². The van der Waals surface area contributed by atoms with Crippen molar-refractivity contribution in [2.45, 2.75) is 39.6 Å². The molecule has 0 aliphatic carbocycles. The molecule has 0 saturated carbocycles. The van der Waals surface area contributed by atoms with Crippen molar-refractivity contribution >= 4 is 17.4 Å². The highest BCUT2D eigenvalue weighted by atomic mass is 19.1. The van der Waals surface area contributed by atoms with Crippen molar-refractivity contribution in [2.75, 3.05) is 12.8 Å². The Morgan fingerprint density at radius 1 is 0.976 bits per heavy atom. The Labute approximate surface area is 241 Å². The second-order valence-electron chi connectivity index (χ2n) is 10.5. The minimum absolute atomic E-state index is 0.124. The molecule has 5 rings (SSSR count). The molecule has 216 valence electrons. The van der Waals surface area contributed by atoms with Gasteiger partial charge in [0.1, 0.15) is 17.2 Å². The van der Waals surface area contributed by atoms with Crippen LogP contribution in [0.15, 0.2) is 83.8 Å². The highest BCUT2D eigenvalue weighted by Crippen LogP contribution is 2.27. The molecule has 0 unspecified atom stereocenters. The molecule has 0 spiro atoms. The molecular formula is C32H31F2N5O3. The number of ether oxygens (including phenoxy) is 1. The van der Waals surface area contributed by atoms with Crippen LogP contribution in [-0.4, -0.2) is 38.0 Å². The summed E-state index contributed by atoms with van der Waals surface area (Å²) in [6, 6.07) is 20.4. The molecule has 2 heterocycles. The van der Waals surface area contributed by atoms with Gasteiger partial charge >= 0.3 is 5.97 Å². The van der Waals surface area contributed by atoms with Gasteiger partial charge in [0.05, 0.1) is 24.0 Å². The standard InChI is InChI=1S/C32H31F2N5O3/c1-20(2)42-31(41)25-18-38(17-24-26(33)10-7-11-27(24)34)32-36-29(22-12-14-23(35)15-13-22)28(39(32)30(25)40)19-37(3)16-21-8-5-4-6-9-21/h4-15,18,20H,16-17,19,35H2,1-3H3. The van der Waals surface area contributed by atoms with Crippen molar-refractivity contribution in [1.29, 1.82) is 0 Å². The van der Waals surface area contributed by atoms with Crippen molar-refractivity contribution in [2.24, 2.45) is 0 Å². The molecule has 0 fully saturated rings. The van der Waals surface area contributed by atoms with Crippen LogP contribution in [0, 0.1) is 11.6 Å². The number of nitrogens with zero attached hydrogens (tertiary/aromatic N) is 4. The lowest BCUT2D eigenvalue weighted by molar-refractivity contribution is 0.0374. The molecule has 0 aliphatic heterocycles. The van der Waals surface area contributed by atoms with Crippen LogP contribution >= 0.6 is 0 Å². The van der Waals surface area contributed by atoms with Gasteiger partial charge in [-0.25, -0.2) is 23.0 Å². The van der Waals surface area contributed by atoms with E-state index in [0.717, 1.165) is 17.7 Å². The Balaban J connectivity index is 1.75. The summed E-state index contributed by atoms with van der Waals surface area (Å²) in [5.74, 6) is -2.23. The molecule has 3 aromatic carbocycles. The van der Waals surface area contributed by atoms with Gasteiger partial charge in [-0.05, 0) is 50.7 Å². The van der Waals surface area contributed by atoms with Gasteiger partial charge in [0.25, 0.3) is 5.56 Å². The second kappa shape index (κ2) is 12.0. The number of hydrogen-bond acceptors (Lipinski definition) is 6. The SMILES string of the molecule is CC(C)OC(=O)c1cn(Cc2c(F)cccc2F)c2nc(-c3ccc(N)cc3)c(CN(C)Cc3ccccc3)n2c1=O. The fourth-order valence-corrected chi connectivity index (χ4v) is 4.85. The van der Waals surface area contributed by atoms with Gasteiger partial charge < -0.3 is 15.0 Å². The summed E-state index contributed by atoms with van der Waals surface area (Å²) < 4.78 is 37.6. The zero-order chi connectivity index (χ0) is 30.0. The Morgan fingerprint density at radius 3 is 2.29 bits per heavy atom. The largest absolute Gasteiger partial charge is 0.459 e. The molecule has 42 heavy (non-hydrogen) atoms. The minimum Gasteiger partial charge on any atom is -0.459 e. The monoisotopic (exact) mass is 571 g/mol. The first kappa shape index (κ1) is 28.7. The van der Waals surface area contributed by atoms with Gasteiger partial charge in [0, 0.05) is 36.1 Å². The fraction of sp³-hybridized carbons (Fsp3) is 0.219. The van der Waals surface area contributed by atoms with E-state index in [2.05, 4.69) is 0 Å². The Bertz CT molecular complexity index is 1780. The number of fused-ring (bicyclic) bond motifs is 1. The number of anilines is 1. The zero-order valence-electron chi connectivity index (χ0n) is 23.6. The molecule has 0 saturated heterocycles. The number of carbonyl (C=O) groups excluding carboxylic acids is 1. The van der Waals surface area contributed by atoms with Crippen molar-refractivity contribution in [3.8, 4) is 11.3 Å². The predicted molar refractivity (Wildman–Crippen MR) is 157 cm³/mol. The first-order valence-electron chi connectivity index (χ1n) is 13.5. The van der Waals surface area contributed by atoms with Crippen molar-refractivity contribution in [3.05, 3.63) is 123 Å². The van der Waals surface area contributed by atoms with E-state index in [4.69, 9.17) is 15.5 Å². The van der Waals surface area contributed by atoms with Crippen LogP contribution in [0.5, 0.6) is 0 Å². The third kappa shape index (κ3) is 5.94. The maximum atomic E-state index is 14.8. The van der Waals surface area contributed by atoms with Crippen LogP contribution in [0.1, 0.15) is 41.0 Å². The topological polar surface area (TPSA) is 94.9 Å². The highest BCUT2D eigenvalue weighted by Gasteiger charge is 2.25. The molecule has 2 aromatic heterocycles. The fourth-order valence-electron chi connectivity index (χ4n) is 4.85. The molecule has 8 nitrogen and oxygen atoms in total. The van der Waals surface area contributed by atoms with Gasteiger partial charge in [-0.2, -0.15) is 0 Å². The molecular weight excluding hydrogens is 540 g/mol. The molecule has 0 radical (unpaired) electrons. The quantitative estimate of drug-likeness (QED) is 0.191. The number of aromatic nitrogens is 3. The third-order valence-electron chi connectivity index (χ3n) is 6.78. The maximum Gasteiger partial charge on any atom is 0.345 e. The number of carbonyl (C=O) groups is 1. The van der Waals surface area contributed by atoms with E-state index >= 15 is 0 Å². The summed E-state index contributed by atoms with van der Waals surface area (Å²) in [6.07, 6.45) is 0.764. The number of esters is 1. The number of hydrogen-bond donors (Lipinski definition) is 1. The minimum atomic E-state index is -0.842. The van der Waals surface area contributed by atoms with Crippen LogP contribution in [0.25, 0.3) is 17.0 Å². The number of nitrogen functional groups attached to an aromatic ring is 1. The molecule has 2 N–H and O–H groups in total. The average molecular weight is 572 g/mol. The van der Waals surface area contributed by atoms with E-state index < -0.39 is 29.3 Å². The van der Waals surface area contributed by atoms with Gasteiger partial charge in [-0.1, -0.05) is 48.5 Å². The normalized spacial score (nSPS) is 11.5. The van der Waals surface area contributed by atoms with Crippen molar-refractivity contribution in [1.82, 2.24) is 18.9 Å². The summed E-state index contributed by atoms with van der Waals surface area (Å²) in [6.45, 7) is 3.86. The first-order valence-corrected chi connectivity index (χ1v) is 13.5. The second-order valence-corrected chi connectivity index (χ2v) is 10.5. The molecule has 0 bridgehead atoms. The molecule has 0 atom stereocenters. The summed E-state index contributed by atoms with van der Waals surface area (Å²) in [7, 11) is 1.91. The Hall–Kier alpha value is -4.83. The van der Waals surface area contributed by atoms with E-state index in [9.17, 15) is 18.4 Å². The summed E-state index contributed by atoms with van der Waals surface area (Å²) in [5, 5.41) is 0. The van der Waals surface area contributed by atoms with E-state index in [0.29, 0.717) is 29.2 Å². The van der Waals surface area contributed by atoms with E-state index in [1.807, 2.05) is 42.3 Å². The molecule has 0 aliphatic rings. The summed E-state index contributed by atoms with van der Waals surface area (Å²) in [4.78, 5) is 33.9. The smallest absolute Gasteiger partial charge is 0.345 e. The van der Waals surface area contributed by atoms with Gasteiger partial charge in [0.15, 0.2) is 0 Å². The number of nitrogens with two attached hydrogens (primary N) is 1. The lowest BCUT2D eigenvalue weighted by Gasteiger charge is -2.18. The summed E-state index contributed by atoms with van der Waals surface area (Å²) >= 11 is 0. The van der Waals surface area contributed by atoms with E-state index in [-0.39, 0.29) is 30.0 Å². The van der Waals surface area contributed by atoms with Crippen LogP contribution in [0.3, 0.4) is 0 Å². The van der Waals surface area contributed by atoms with Gasteiger partial charge in [-0.15, -0.1) is 0 Å². The zero-order valence-corrected chi connectivity index (χ0v) is 23.6. The molecule has 0 amide bonds. The predicted octanol–water partition coefficient (Wildman–Crippen LogP) is 5.27. The summed E-state index contributed by atoms with van der Waals surface area (Å²) in [5.41, 5.74) is 8.06. The number of imidazole rings is 1. The highest BCUT2D eigenvalue weighted by molar-refractivity contribution is 5.89. The molecule has 10 heteroatoms. The van der Waals surface area contributed by atoms with Gasteiger partial charge in [0.2, 0.25) is 5.78 Å².